The van der Waals surface area contributed by atoms with Gasteiger partial charge in [0.2, 0.25) is 5.78 Å². The number of ether oxygens (including phenoxy) is 1. The number of carbonyl (C=O) groups is 2. The first kappa shape index (κ1) is 20.9. The van der Waals surface area contributed by atoms with Gasteiger partial charge in [-0.3, -0.25) is 14.9 Å². The number of aromatic nitrogens is 1. The lowest BCUT2D eigenvalue weighted by molar-refractivity contribution is -0.385. The van der Waals surface area contributed by atoms with Gasteiger partial charge in [-0.15, -0.1) is 0 Å². The molecule has 0 bridgehead atoms. The van der Waals surface area contributed by atoms with Crippen LogP contribution in [0.1, 0.15) is 37.7 Å². The fourth-order valence-electron chi connectivity index (χ4n) is 3.19. The van der Waals surface area contributed by atoms with E-state index in [0.29, 0.717) is 17.8 Å². The minimum Gasteiger partial charge on any atom is -0.454 e. The van der Waals surface area contributed by atoms with Crippen LogP contribution in [-0.4, -0.2) is 27.8 Å². The van der Waals surface area contributed by atoms with E-state index < -0.39 is 23.3 Å². The molecule has 0 aliphatic heterocycles. The second-order valence-electron chi connectivity index (χ2n) is 6.77. The minimum absolute atomic E-state index is 0.211. The number of Topliss-reactive ketones (excluding diaryl/α,β-unsaturated/α-hetero) is 1. The molecule has 0 saturated carbocycles. The van der Waals surface area contributed by atoms with E-state index in [1.165, 1.54) is 36.4 Å². The number of nitro benzene ring substituents is 1. The van der Waals surface area contributed by atoms with Crippen molar-refractivity contribution in [2.45, 2.75) is 20.4 Å². The van der Waals surface area contributed by atoms with Crippen molar-refractivity contribution >= 4 is 17.4 Å². The van der Waals surface area contributed by atoms with E-state index in [9.17, 15) is 24.1 Å². The number of para-hydroxylation sites is 1. The summed E-state index contributed by atoms with van der Waals surface area (Å²) in [6.45, 7) is 3.53. The summed E-state index contributed by atoms with van der Waals surface area (Å²) in [5.74, 6) is -1.67. The lowest BCUT2D eigenvalue weighted by Gasteiger charge is -2.10. The largest absolute Gasteiger partial charge is 0.454 e. The lowest BCUT2D eigenvalue weighted by Crippen LogP contribution is -2.16. The standard InChI is InChI=1S/C22H19FN2O5/c1-14-11-19(15(2)24(14)12-16-7-9-17(23)10-8-16)21(26)13-30-22(27)18-5-3-4-6-20(18)25(28)29/h3-11H,12-13H2,1-2H3. The number of hydrogen-bond acceptors (Lipinski definition) is 5. The summed E-state index contributed by atoms with van der Waals surface area (Å²) in [5.41, 5.74) is 2.18. The van der Waals surface area contributed by atoms with Gasteiger partial charge in [-0.1, -0.05) is 24.3 Å². The van der Waals surface area contributed by atoms with Gasteiger partial charge in [0.15, 0.2) is 6.61 Å². The van der Waals surface area contributed by atoms with E-state index >= 15 is 0 Å². The highest BCUT2D eigenvalue weighted by molar-refractivity contribution is 6.01. The average molecular weight is 410 g/mol. The van der Waals surface area contributed by atoms with Gasteiger partial charge < -0.3 is 9.30 Å². The number of esters is 1. The van der Waals surface area contributed by atoms with Crippen molar-refractivity contribution in [3.8, 4) is 0 Å². The van der Waals surface area contributed by atoms with Crippen LogP contribution in [0.3, 0.4) is 0 Å². The van der Waals surface area contributed by atoms with Crippen LogP contribution in [0.25, 0.3) is 0 Å². The van der Waals surface area contributed by atoms with Gasteiger partial charge in [0.05, 0.1) is 4.92 Å². The maximum Gasteiger partial charge on any atom is 0.345 e. The summed E-state index contributed by atoms with van der Waals surface area (Å²) in [6.07, 6.45) is 0. The quantitative estimate of drug-likeness (QED) is 0.251. The number of carbonyl (C=O) groups excluding carboxylic acids is 2. The van der Waals surface area contributed by atoms with Gasteiger partial charge in [0.1, 0.15) is 11.4 Å². The second kappa shape index (κ2) is 8.69. The van der Waals surface area contributed by atoms with Gasteiger partial charge >= 0.3 is 5.97 Å². The molecule has 1 heterocycles. The Balaban J connectivity index is 1.73. The predicted octanol–water partition coefficient (Wildman–Crippen LogP) is 4.24. The molecule has 0 fully saturated rings. The molecule has 1 aromatic heterocycles. The normalized spacial score (nSPS) is 10.6. The second-order valence-corrected chi connectivity index (χ2v) is 6.77. The number of nitro groups is 1. The smallest absolute Gasteiger partial charge is 0.345 e. The first-order chi connectivity index (χ1) is 14.3. The van der Waals surface area contributed by atoms with Crippen molar-refractivity contribution in [1.82, 2.24) is 4.57 Å². The Kier molecular flexibility index (Phi) is 6.06. The number of hydrogen-bond donors (Lipinski definition) is 0. The summed E-state index contributed by atoms with van der Waals surface area (Å²) < 4.78 is 20.0. The molecule has 0 unspecified atom stereocenters. The van der Waals surface area contributed by atoms with Gasteiger partial charge in [-0.05, 0) is 43.7 Å². The molecule has 0 N–H and O–H groups in total. The Morgan fingerprint density at radius 1 is 1.07 bits per heavy atom. The number of benzene rings is 2. The van der Waals surface area contributed by atoms with E-state index in [0.717, 1.165) is 11.3 Å². The van der Waals surface area contributed by atoms with E-state index in [4.69, 9.17) is 4.74 Å². The Labute approximate surface area is 171 Å². The predicted molar refractivity (Wildman–Crippen MR) is 107 cm³/mol. The number of nitrogens with zero attached hydrogens (tertiary/aromatic N) is 2. The van der Waals surface area contributed by atoms with Crippen molar-refractivity contribution in [2.75, 3.05) is 6.61 Å². The highest BCUT2D eigenvalue weighted by Gasteiger charge is 2.23. The molecule has 30 heavy (non-hydrogen) atoms. The highest BCUT2D eigenvalue weighted by Crippen LogP contribution is 2.20. The number of ketones is 1. The molecule has 2 aromatic carbocycles. The van der Waals surface area contributed by atoms with Crippen LogP contribution in [0, 0.1) is 29.8 Å². The first-order valence-corrected chi connectivity index (χ1v) is 9.13. The third kappa shape index (κ3) is 4.43. The molecule has 7 nitrogen and oxygen atoms in total. The molecule has 8 heteroatoms. The third-order valence-corrected chi connectivity index (χ3v) is 4.78. The fourth-order valence-corrected chi connectivity index (χ4v) is 3.19. The zero-order valence-electron chi connectivity index (χ0n) is 16.4. The summed E-state index contributed by atoms with van der Waals surface area (Å²) >= 11 is 0. The maximum absolute atomic E-state index is 13.1. The summed E-state index contributed by atoms with van der Waals surface area (Å²) in [7, 11) is 0. The maximum atomic E-state index is 13.1. The van der Waals surface area contributed by atoms with Crippen molar-refractivity contribution in [2.24, 2.45) is 0 Å². The van der Waals surface area contributed by atoms with Crippen LogP contribution < -0.4 is 0 Å². The van der Waals surface area contributed by atoms with E-state index in [2.05, 4.69) is 0 Å². The Morgan fingerprint density at radius 2 is 1.73 bits per heavy atom. The Bertz CT molecular complexity index is 1120. The molecule has 0 amide bonds. The molecule has 154 valence electrons. The molecular weight excluding hydrogens is 391 g/mol. The van der Waals surface area contributed by atoms with E-state index in [-0.39, 0.29) is 17.1 Å². The van der Waals surface area contributed by atoms with Crippen LogP contribution in [0.15, 0.2) is 54.6 Å². The summed E-state index contributed by atoms with van der Waals surface area (Å²) in [4.78, 5) is 35.2. The van der Waals surface area contributed by atoms with Crippen molar-refractivity contribution < 1.29 is 23.6 Å². The monoisotopic (exact) mass is 410 g/mol. The summed E-state index contributed by atoms with van der Waals surface area (Å²) in [6, 6.07) is 13.2. The SMILES string of the molecule is Cc1cc(C(=O)COC(=O)c2ccccc2[N+](=O)[O-])c(C)n1Cc1ccc(F)cc1. The van der Waals surface area contributed by atoms with Crippen LogP contribution in [-0.2, 0) is 11.3 Å². The van der Waals surface area contributed by atoms with Gasteiger partial charge in [0.25, 0.3) is 5.69 Å². The van der Waals surface area contributed by atoms with Crippen LogP contribution in [0.5, 0.6) is 0 Å². The van der Waals surface area contributed by atoms with Gasteiger partial charge in [-0.2, -0.15) is 0 Å². The molecular formula is C22H19FN2O5. The zero-order chi connectivity index (χ0) is 21.8. The molecule has 3 aromatic rings. The van der Waals surface area contributed by atoms with Crippen molar-refractivity contribution in [3.05, 3.63) is 98.6 Å². The minimum atomic E-state index is -0.934. The van der Waals surface area contributed by atoms with Gasteiger partial charge in [0, 0.05) is 29.6 Å². The molecule has 0 radical (unpaired) electrons. The van der Waals surface area contributed by atoms with E-state index in [1.807, 2.05) is 11.5 Å². The third-order valence-electron chi connectivity index (χ3n) is 4.78. The Morgan fingerprint density at radius 3 is 2.40 bits per heavy atom. The average Bonchev–Trinajstić information content (AvgIpc) is 3.01. The van der Waals surface area contributed by atoms with Crippen LogP contribution in [0.4, 0.5) is 10.1 Å². The van der Waals surface area contributed by atoms with Crippen LogP contribution >= 0.6 is 0 Å². The highest BCUT2D eigenvalue weighted by atomic mass is 19.1. The van der Waals surface area contributed by atoms with E-state index in [1.54, 1.807) is 25.1 Å². The molecule has 0 aliphatic carbocycles. The first-order valence-electron chi connectivity index (χ1n) is 9.13. The molecule has 0 aliphatic rings. The molecule has 0 saturated heterocycles. The summed E-state index contributed by atoms with van der Waals surface area (Å²) in [5, 5.41) is 11.0. The fraction of sp³-hybridized carbons (Fsp3) is 0.182. The van der Waals surface area contributed by atoms with Gasteiger partial charge in [-0.25, -0.2) is 9.18 Å². The number of rotatable bonds is 7. The topological polar surface area (TPSA) is 91.4 Å². The Hall–Kier alpha value is -3.81. The molecule has 3 rings (SSSR count). The molecule has 0 atom stereocenters. The van der Waals surface area contributed by atoms with Crippen molar-refractivity contribution in [1.29, 1.82) is 0 Å². The number of halogens is 1. The molecule has 0 spiro atoms. The van der Waals surface area contributed by atoms with Crippen molar-refractivity contribution in [3.63, 3.8) is 0 Å². The zero-order valence-corrected chi connectivity index (χ0v) is 16.4. The lowest BCUT2D eigenvalue weighted by atomic mass is 10.1. The number of aryl methyl sites for hydroxylation is 1. The van der Waals surface area contributed by atoms with Crippen LogP contribution in [0.2, 0.25) is 0 Å².